The van der Waals surface area contributed by atoms with Crippen LogP contribution >= 0.6 is 46.9 Å². The molecule has 2 aliphatic heterocycles. The fraction of sp³-hybridized carbons (Fsp3) is 0.302. The van der Waals surface area contributed by atoms with Crippen molar-refractivity contribution in [1.29, 1.82) is 0 Å². The molecule has 19 nitrogen and oxygen atoms in total. The lowest BCUT2D eigenvalue weighted by atomic mass is 10.0. The second-order valence-corrected chi connectivity index (χ2v) is 19.4. The molecule has 0 bridgehead atoms. The number of fused-ring (bicyclic) bond motifs is 1. The Kier molecular flexibility index (Phi) is 22.4. The molecule has 2 aromatic heterocycles. The highest BCUT2D eigenvalue weighted by molar-refractivity contribution is 7.95. The molecule has 1 atom stereocenters. The van der Waals surface area contributed by atoms with Gasteiger partial charge in [0.1, 0.15) is 43.2 Å². The van der Waals surface area contributed by atoms with Crippen LogP contribution in [0.15, 0.2) is 133 Å². The fourth-order valence-electron chi connectivity index (χ4n) is 6.93. The van der Waals surface area contributed by atoms with Gasteiger partial charge in [0.15, 0.2) is 23.8 Å². The molecule has 8 rings (SSSR count). The summed E-state index contributed by atoms with van der Waals surface area (Å²) in [7, 11) is 4.43. The number of aromatic nitrogens is 4. The van der Waals surface area contributed by atoms with Gasteiger partial charge in [0.25, 0.3) is 17.7 Å². The van der Waals surface area contributed by atoms with Gasteiger partial charge in [-0.15, -0.1) is 6.58 Å². The van der Waals surface area contributed by atoms with E-state index in [1.54, 1.807) is 85.3 Å². The van der Waals surface area contributed by atoms with E-state index in [0.717, 1.165) is 48.9 Å². The van der Waals surface area contributed by atoms with E-state index in [2.05, 4.69) is 31.8 Å². The summed E-state index contributed by atoms with van der Waals surface area (Å²) in [5.74, 6) is -0.118. The van der Waals surface area contributed by atoms with E-state index in [9.17, 15) is 9.59 Å². The van der Waals surface area contributed by atoms with Gasteiger partial charge in [0.2, 0.25) is 5.82 Å². The van der Waals surface area contributed by atoms with Gasteiger partial charge < -0.3 is 47.4 Å². The van der Waals surface area contributed by atoms with Gasteiger partial charge >= 0.3 is 12.2 Å². The Balaban J connectivity index is 0.000000194. The highest BCUT2D eigenvalue weighted by Gasteiger charge is 2.33. The standard InChI is InChI=1S/C21H16ClFN4O5.C18H26N2O5S.C14H14Cl2N2O/c1-28-26-18(21-27-30-11-10-29-21)13-6-2-4-8-15(13)31-19-17(23)20(25-12-24-19)32-16-9-5-3-7-14(16)22;1-6-7-11-23-16(21)19(4)26-20(5)17(22)24-14-10-8-9-13-12-18(2,3)25-15(13)14;1-2-7-19-14(9-18-6-5-17-10-18)12-4-3-11(15)8-13(12)16/h2-9,12H,10-11H2,1H3;8-10H,6-7,11-12H2,1-5H3;2-6,8,10,14H,1,7,9H2/b26-18+;;. The molecule has 2 amide bonds. The van der Waals surface area contributed by atoms with Gasteiger partial charge in [0.05, 0.1) is 48.8 Å². The van der Waals surface area contributed by atoms with Crippen LogP contribution in [0.25, 0.3) is 0 Å². The Hall–Kier alpha value is -7.30. The van der Waals surface area contributed by atoms with E-state index in [1.807, 2.05) is 49.7 Å². The molecule has 4 heterocycles. The molecular formula is C53H56Cl3FN8O11S. The zero-order valence-electron chi connectivity index (χ0n) is 42.9. The Bertz CT molecular complexity index is 2990. The topological polar surface area (TPSA) is 192 Å². The fourth-order valence-corrected chi connectivity index (χ4v) is 8.22. The second-order valence-electron chi connectivity index (χ2n) is 16.9. The number of amides is 2. The number of benzene rings is 4. The van der Waals surface area contributed by atoms with Crippen molar-refractivity contribution in [1.82, 2.24) is 28.1 Å². The number of imidazole rings is 1. The molecule has 0 radical (unpaired) electrons. The minimum absolute atomic E-state index is 0.0973. The van der Waals surface area contributed by atoms with Crippen molar-refractivity contribution < 1.29 is 56.8 Å². The number of rotatable bonds is 19. The van der Waals surface area contributed by atoms with Crippen molar-refractivity contribution in [2.45, 2.75) is 58.3 Å². The van der Waals surface area contributed by atoms with Crippen molar-refractivity contribution in [3.05, 3.63) is 160 Å². The zero-order valence-corrected chi connectivity index (χ0v) is 46.0. The summed E-state index contributed by atoms with van der Waals surface area (Å²) in [4.78, 5) is 45.9. The van der Waals surface area contributed by atoms with Crippen molar-refractivity contribution in [3.63, 3.8) is 0 Å². The molecule has 24 heteroatoms. The third kappa shape index (κ3) is 17.4. The number of para-hydroxylation sites is 3. The summed E-state index contributed by atoms with van der Waals surface area (Å²) >= 11 is 19.1. The third-order valence-electron chi connectivity index (χ3n) is 10.5. The Labute approximate surface area is 464 Å². The molecule has 0 fully saturated rings. The van der Waals surface area contributed by atoms with Crippen LogP contribution in [0, 0.1) is 5.82 Å². The van der Waals surface area contributed by atoms with E-state index in [-0.39, 0.29) is 53.2 Å². The number of hydrogen-bond donors (Lipinski definition) is 0. The van der Waals surface area contributed by atoms with Crippen LogP contribution in [-0.2, 0) is 36.9 Å². The van der Waals surface area contributed by atoms with Crippen molar-refractivity contribution in [2.75, 3.05) is 47.6 Å². The van der Waals surface area contributed by atoms with Crippen LogP contribution in [0.2, 0.25) is 15.1 Å². The minimum atomic E-state index is -0.915. The summed E-state index contributed by atoms with van der Waals surface area (Å²) < 4.78 is 58.4. The summed E-state index contributed by atoms with van der Waals surface area (Å²) in [6.07, 6.45) is 9.40. The molecule has 0 spiro atoms. The van der Waals surface area contributed by atoms with E-state index >= 15 is 4.39 Å². The number of nitrogens with zero attached hydrogens (tertiary/aromatic N) is 8. The monoisotopic (exact) mass is 1140 g/mol. The number of carbonyl (C=O) groups excluding carboxylic acids is 2. The van der Waals surface area contributed by atoms with Gasteiger partial charge in [-0.3, -0.25) is 0 Å². The van der Waals surface area contributed by atoms with E-state index in [4.69, 9.17) is 77.6 Å². The molecule has 2 aliphatic rings. The lowest BCUT2D eigenvalue weighted by Gasteiger charge is -2.22. The number of unbranched alkanes of at least 4 members (excludes halogenated alkanes) is 1. The Morgan fingerprint density at radius 2 is 1.65 bits per heavy atom. The molecule has 0 aliphatic carbocycles. The van der Waals surface area contributed by atoms with Crippen molar-refractivity contribution >= 4 is 70.7 Å². The first-order valence-corrected chi connectivity index (χ1v) is 25.6. The normalized spacial score (nSPS) is 13.4. The highest BCUT2D eigenvalue weighted by Crippen LogP contribution is 2.42. The average molecular weight is 1140 g/mol. The van der Waals surface area contributed by atoms with E-state index < -0.39 is 18.0 Å². The lowest BCUT2D eigenvalue weighted by Crippen LogP contribution is -2.31. The minimum Gasteiger partial charge on any atom is -0.483 e. The van der Waals surface area contributed by atoms with Crippen LogP contribution in [0.5, 0.6) is 34.8 Å². The van der Waals surface area contributed by atoms with Gasteiger partial charge in [-0.2, -0.15) is 14.4 Å². The predicted molar refractivity (Wildman–Crippen MR) is 291 cm³/mol. The molecule has 0 saturated heterocycles. The number of oxime groups is 2. The maximum atomic E-state index is 15.1. The molecule has 77 heavy (non-hydrogen) atoms. The Morgan fingerprint density at radius 1 is 0.935 bits per heavy atom. The number of hydrogen-bond acceptors (Lipinski definition) is 17. The zero-order chi connectivity index (χ0) is 55.3. The maximum absolute atomic E-state index is 15.1. The van der Waals surface area contributed by atoms with Gasteiger partial charge in [-0.25, -0.2) is 23.2 Å². The van der Waals surface area contributed by atoms with Crippen LogP contribution in [0.3, 0.4) is 0 Å². The number of ether oxygens (including phenoxy) is 7. The largest absolute Gasteiger partial charge is 0.483 e. The van der Waals surface area contributed by atoms with Gasteiger partial charge in [-0.1, -0.05) is 102 Å². The summed E-state index contributed by atoms with van der Waals surface area (Å²) in [6, 6.07) is 24.2. The quantitative estimate of drug-likeness (QED) is 0.0244. The van der Waals surface area contributed by atoms with Gasteiger partial charge in [-0.05, 0) is 67.9 Å². The number of halogens is 4. The number of carbonyl (C=O) groups is 2. The van der Waals surface area contributed by atoms with Crippen molar-refractivity contribution in [3.8, 4) is 34.8 Å². The predicted octanol–water partition coefficient (Wildman–Crippen LogP) is 13.0. The molecule has 6 aromatic rings. The first-order chi connectivity index (χ1) is 37.1. The van der Waals surface area contributed by atoms with Crippen LogP contribution in [0.1, 0.15) is 56.4 Å². The molecule has 1 unspecified atom stereocenters. The molecule has 4 aromatic carbocycles. The molecule has 408 valence electrons. The molecule has 0 saturated carbocycles. The van der Waals surface area contributed by atoms with Crippen LogP contribution < -0.4 is 18.9 Å². The van der Waals surface area contributed by atoms with E-state index in [0.29, 0.717) is 58.5 Å². The van der Waals surface area contributed by atoms with E-state index in [1.165, 1.54) is 29.8 Å². The molecular weight excluding hydrogens is 1080 g/mol. The third-order valence-corrected chi connectivity index (χ3v) is 12.1. The maximum Gasteiger partial charge on any atom is 0.426 e. The molecule has 0 N–H and O–H groups in total. The highest BCUT2D eigenvalue weighted by atomic mass is 35.5. The van der Waals surface area contributed by atoms with Crippen LogP contribution in [0.4, 0.5) is 14.0 Å². The second kappa shape index (κ2) is 29.3. The summed E-state index contributed by atoms with van der Waals surface area (Å²) in [5.41, 5.74) is 2.19. The Morgan fingerprint density at radius 3 is 2.32 bits per heavy atom. The van der Waals surface area contributed by atoms with Crippen molar-refractivity contribution in [2.24, 2.45) is 10.3 Å². The average Bonchev–Trinajstić information content (AvgIpc) is 4.07. The lowest BCUT2D eigenvalue weighted by molar-refractivity contribution is 0.0608. The van der Waals surface area contributed by atoms with Gasteiger partial charge in [0, 0.05) is 54.1 Å². The first kappa shape index (κ1) is 59.0. The smallest absolute Gasteiger partial charge is 0.426 e. The van der Waals surface area contributed by atoms with Crippen LogP contribution in [-0.4, -0.2) is 105 Å². The summed E-state index contributed by atoms with van der Waals surface area (Å²) in [5, 5.41) is 9.33. The first-order valence-electron chi connectivity index (χ1n) is 23.7. The SMILES string of the molecule is C=CCOC(Cn1ccnc1)c1ccc(Cl)cc1Cl.CCCCOC(=O)N(C)SN(C)C(=O)Oc1cccc2c1OC(C)(C)C2.CO/N=C(/C1=NOCCO1)c1ccccc1Oc1ncnc(Oc2ccccc2Cl)c1F. The summed E-state index contributed by atoms with van der Waals surface area (Å²) in [6.45, 7) is 11.7.